The highest BCUT2D eigenvalue weighted by atomic mass is 32.1. The van der Waals surface area contributed by atoms with Gasteiger partial charge in [0, 0.05) is 17.8 Å². The highest BCUT2D eigenvalue weighted by Gasteiger charge is 2.19. The van der Waals surface area contributed by atoms with Gasteiger partial charge >= 0.3 is 0 Å². The summed E-state index contributed by atoms with van der Waals surface area (Å²) in [5.41, 5.74) is 1.29. The molecule has 9 heteroatoms. The van der Waals surface area contributed by atoms with Crippen LogP contribution in [0.25, 0.3) is 16.5 Å². The van der Waals surface area contributed by atoms with E-state index >= 15 is 0 Å². The Bertz CT molecular complexity index is 1240. The normalized spacial score (nSPS) is 10.7. The smallest absolute Gasteiger partial charge is 0.260 e. The van der Waals surface area contributed by atoms with E-state index in [2.05, 4.69) is 20.4 Å². The van der Waals surface area contributed by atoms with Crippen molar-refractivity contribution < 1.29 is 9.53 Å². The predicted molar refractivity (Wildman–Crippen MR) is 116 cm³/mol. The summed E-state index contributed by atoms with van der Waals surface area (Å²) in [5.74, 6) is 0.733. The maximum atomic E-state index is 13.0. The van der Waals surface area contributed by atoms with Gasteiger partial charge < -0.3 is 10.1 Å². The van der Waals surface area contributed by atoms with Crippen molar-refractivity contribution >= 4 is 23.1 Å². The molecule has 1 aromatic carbocycles. The molecule has 1 amide bonds. The third-order valence-electron chi connectivity index (χ3n) is 4.21. The van der Waals surface area contributed by atoms with Crippen molar-refractivity contribution in [2.75, 3.05) is 11.9 Å². The average Bonchev–Trinajstić information content (AvgIpc) is 3.38. The van der Waals surface area contributed by atoms with Crippen LogP contribution in [0.2, 0.25) is 0 Å². The Kier molecular flexibility index (Phi) is 5.44. The zero-order valence-electron chi connectivity index (χ0n) is 16.4. The molecule has 3 aromatic heterocycles. The minimum atomic E-state index is -0.354. The van der Waals surface area contributed by atoms with Crippen LogP contribution in [0.1, 0.15) is 23.0 Å². The van der Waals surface area contributed by atoms with E-state index in [1.165, 1.54) is 22.1 Å². The largest absolute Gasteiger partial charge is 0.493 e. The number of amides is 1. The van der Waals surface area contributed by atoms with Crippen LogP contribution in [0.15, 0.2) is 58.7 Å². The first-order chi connectivity index (χ1) is 14.5. The van der Waals surface area contributed by atoms with Gasteiger partial charge in [-0.2, -0.15) is 9.78 Å². The Labute approximate surface area is 176 Å². The number of thiophene rings is 1. The van der Waals surface area contributed by atoms with E-state index in [0.29, 0.717) is 35.1 Å². The van der Waals surface area contributed by atoms with Crippen LogP contribution < -0.4 is 15.6 Å². The van der Waals surface area contributed by atoms with Crippen LogP contribution in [-0.2, 0) is 0 Å². The molecule has 2 N–H and O–H groups in total. The molecule has 152 valence electrons. The molecular formula is C21H19N5O3S. The molecule has 0 saturated heterocycles. The topological polar surface area (TPSA) is 102 Å². The number of aromatic nitrogens is 4. The van der Waals surface area contributed by atoms with Crippen molar-refractivity contribution in [1.29, 1.82) is 0 Å². The quantitative estimate of drug-likeness (QED) is 0.495. The number of aryl methyl sites for hydroxylation is 1. The second-order valence-electron chi connectivity index (χ2n) is 6.40. The third kappa shape index (κ3) is 4.01. The highest BCUT2D eigenvalue weighted by molar-refractivity contribution is 7.13. The molecule has 4 rings (SSSR count). The lowest BCUT2D eigenvalue weighted by Gasteiger charge is -2.11. The third-order valence-corrected chi connectivity index (χ3v) is 5.11. The number of hydrogen-bond acceptors (Lipinski definition) is 6. The van der Waals surface area contributed by atoms with Crippen molar-refractivity contribution in [3.05, 3.63) is 75.5 Å². The zero-order chi connectivity index (χ0) is 21.1. The van der Waals surface area contributed by atoms with Crippen molar-refractivity contribution in [3.63, 3.8) is 0 Å². The number of para-hydroxylation sites is 1. The van der Waals surface area contributed by atoms with Crippen LogP contribution in [0.4, 0.5) is 5.82 Å². The van der Waals surface area contributed by atoms with Crippen LogP contribution in [0.3, 0.4) is 0 Å². The number of hydrogen-bond donors (Lipinski definition) is 2. The second-order valence-corrected chi connectivity index (χ2v) is 7.35. The van der Waals surface area contributed by atoms with Crippen LogP contribution in [0, 0.1) is 6.92 Å². The van der Waals surface area contributed by atoms with Crippen molar-refractivity contribution in [1.82, 2.24) is 19.7 Å². The summed E-state index contributed by atoms with van der Waals surface area (Å²) in [7, 11) is 0. The number of anilines is 1. The molecule has 0 radical (unpaired) electrons. The number of nitrogens with zero attached hydrogens (tertiary/aromatic N) is 3. The van der Waals surface area contributed by atoms with Crippen molar-refractivity contribution in [2.45, 2.75) is 13.8 Å². The summed E-state index contributed by atoms with van der Waals surface area (Å²) >= 11 is 1.52. The Hall–Kier alpha value is -3.72. The maximum absolute atomic E-state index is 13.0. The molecule has 0 spiro atoms. The first-order valence-electron chi connectivity index (χ1n) is 9.30. The fourth-order valence-electron chi connectivity index (χ4n) is 2.96. The van der Waals surface area contributed by atoms with E-state index in [-0.39, 0.29) is 17.4 Å². The number of ether oxygens (including phenoxy) is 1. The number of rotatable bonds is 6. The maximum Gasteiger partial charge on any atom is 0.260 e. The molecule has 0 aliphatic rings. The summed E-state index contributed by atoms with van der Waals surface area (Å²) in [6.45, 7) is 4.02. The van der Waals surface area contributed by atoms with E-state index in [1.807, 2.05) is 30.5 Å². The minimum absolute atomic E-state index is 0.219. The van der Waals surface area contributed by atoms with Crippen molar-refractivity contribution in [2.24, 2.45) is 0 Å². The Morgan fingerprint density at radius 3 is 2.80 bits per heavy atom. The van der Waals surface area contributed by atoms with E-state index in [1.54, 1.807) is 31.2 Å². The van der Waals surface area contributed by atoms with Gasteiger partial charge in [-0.1, -0.05) is 18.2 Å². The monoisotopic (exact) mass is 421 g/mol. The summed E-state index contributed by atoms with van der Waals surface area (Å²) in [4.78, 5) is 32.9. The molecular weight excluding hydrogens is 402 g/mol. The fourth-order valence-corrected chi connectivity index (χ4v) is 3.64. The van der Waals surface area contributed by atoms with E-state index in [9.17, 15) is 9.59 Å². The lowest BCUT2D eigenvalue weighted by atomic mass is 10.2. The molecule has 0 aliphatic carbocycles. The number of aromatic amines is 1. The van der Waals surface area contributed by atoms with Gasteiger partial charge in [0.05, 0.1) is 17.0 Å². The Morgan fingerprint density at radius 1 is 1.23 bits per heavy atom. The SMILES string of the molecule is CCOc1ccccc1C(=O)Nc1cc(-c2cccs2)nn1-c1nc(C)cc(=O)[nH]1. The lowest BCUT2D eigenvalue weighted by molar-refractivity contribution is 0.102. The van der Waals surface area contributed by atoms with E-state index < -0.39 is 0 Å². The molecule has 0 fully saturated rings. The molecule has 0 atom stereocenters. The first kappa shape index (κ1) is 19.6. The standard InChI is InChI=1S/C21H19N5O3S/c1-3-29-16-8-5-4-7-14(16)20(28)23-18-12-15(17-9-6-10-30-17)25-26(18)21-22-13(2)11-19(27)24-21/h4-12H,3H2,1-2H3,(H,23,28)(H,22,24,27). The molecule has 0 bridgehead atoms. The minimum Gasteiger partial charge on any atom is -0.493 e. The van der Waals surface area contributed by atoms with Gasteiger partial charge in [0.2, 0.25) is 5.95 Å². The first-order valence-corrected chi connectivity index (χ1v) is 10.2. The molecule has 30 heavy (non-hydrogen) atoms. The van der Waals surface area contributed by atoms with Gasteiger partial charge in [-0.25, -0.2) is 4.98 Å². The van der Waals surface area contributed by atoms with Crippen LogP contribution >= 0.6 is 11.3 Å². The van der Waals surface area contributed by atoms with Gasteiger partial charge in [0.1, 0.15) is 17.3 Å². The molecule has 3 heterocycles. The number of carbonyl (C=O) groups is 1. The summed E-state index contributed by atoms with van der Waals surface area (Å²) < 4.78 is 6.99. The van der Waals surface area contributed by atoms with Gasteiger partial charge in [0.25, 0.3) is 11.5 Å². The Morgan fingerprint density at radius 2 is 2.07 bits per heavy atom. The average molecular weight is 421 g/mol. The molecule has 0 saturated carbocycles. The molecule has 4 aromatic rings. The molecule has 0 unspecified atom stereocenters. The molecule has 0 aliphatic heterocycles. The number of benzene rings is 1. The number of carbonyl (C=O) groups excluding carboxylic acids is 1. The number of nitrogens with one attached hydrogen (secondary N) is 2. The lowest BCUT2D eigenvalue weighted by Crippen LogP contribution is -2.19. The van der Waals surface area contributed by atoms with E-state index in [0.717, 1.165) is 4.88 Å². The van der Waals surface area contributed by atoms with Crippen LogP contribution in [-0.4, -0.2) is 32.3 Å². The summed E-state index contributed by atoms with van der Waals surface area (Å²) in [6, 6.07) is 14.0. The van der Waals surface area contributed by atoms with Gasteiger partial charge in [0.15, 0.2) is 0 Å². The number of H-pyrrole nitrogens is 1. The summed E-state index contributed by atoms with van der Waals surface area (Å²) in [5, 5.41) is 9.37. The Balaban J connectivity index is 1.77. The van der Waals surface area contributed by atoms with Crippen LogP contribution in [0.5, 0.6) is 5.75 Å². The fraction of sp³-hybridized carbons (Fsp3) is 0.143. The zero-order valence-corrected chi connectivity index (χ0v) is 17.2. The highest BCUT2D eigenvalue weighted by Crippen LogP contribution is 2.28. The van der Waals surface area contributed by atoms with Gasteiger partial charge in [-0.3, -0.25) is 14.6 Å². The molecule has 8 nitrogen and oxygen atoms in total. The predicted octanol–water partition coefficient (Wildman–Crippen LogP) is 3.64. The van der Waals surface area contributed by atoms with Gasteiger partial charge in [-0.15, -0.1) is 11.3 Å². The van der Waals surface area contributed by atoms with E-state index in [4.69, 9.17) is 4.74 Å². The van der Waals surface area contributed by atoms with Crippen molar-refractivity contribution in [3.8, 4) is 22.3 Å². The second kappa shape index (κ2) is 8.34. The van der Waals surface area contributed by atoms with Gasteiger partial charge in [-0.05, 0) is 37.4 Å². The summed E-state index contributed by atoms with van der Waals surface area (Å²) in [6.07, 6.45) is 0.